The van der Waals surface area contributed by atoms with Crippen LogP contribution in [0.2, 0.25) is 0 Å². The maximum absolute atomic E-state index is 12.4. The zero-order valence-corrected chi connectivity index (χ0v) is 12.1. The zero-order valence-electron chi connectivity index (χ0n) is 11.3. The van der Waals surface area contributed by atoms with E-state index >= 15 is 0 Å². The number of nitrogen functional groups attached to an aromatic ring is 1. The number of rotatable bonds is 4. The minimum Gasteiger partial charge on any atom is -0.496 e. The molecule has 0 atom stereocenters. The predicted octanol–water partition coefficient (Wildman–Crippen LogP) is 2.52. The first-order valence-electron chi connectivity index (χ1n) is 6.67. The van der Waals surface area contributed by atoms with Crippen molar-refractivity contribution in [2.75, 3.05) is 12.8 Å². The van der Waals surface area contributed by atoms with Crippen LogP contribution in [-0.4, -0.2) is 20.8 Å². The molecular formula is C14H21NO3S. The van der Waals surface area contributed by atoms with Crippen LogP contribution in [-0.2, 0) is 15.6 Å². The molecule has 1 fully saturated rings. The highest BCUT2D eigenvalue weighted by molar-refractivity contribution is 7.91. The zero-order chi connectivity index (χ0) is 13.9. The molecule has 0 amide bonds. The summed E-state index contributed by atoms with van der Waals surface area (Å²) in [5, 5.41) is -0.191. The van der Waals surface area contributed by atoms with Crippen molar-refractivity contribution < 1.29 is 13.2 Å². The molecule has 2 rings (SSSR count). The van der Waals surface area contributed by atoms with Crippen molar-refractivity contribution in [3.8, 4) is 5.75 Å². The second kappa shape index (κ2) is 5.82. The number of anilines is 1. The molecule has 2 N–H and O–H groups in total. The van der Waals surface area contributed by atoms with Crippen LogP contribution in [0.25, 0.3) is 0 Å². The van der Waals surface area contributed by atoms with Crippen LogP contribution < -0.4 is 10.5 Å². The molecule has 1 saturated carbocycles. The first-order chi connectivity index (χ1) is 9.03. The summed E-state index contributed by atoms with van der Waals surface area (Å²) in [4.78, 5) is 0. The van der Waals surface area contributed by atoms with E-state index in [4.69, 9.17) is 10.5 Å². The van der Waals surface area contributed by atoms with Crippen LogP contribution in [0.3, 0.4) is 0 Å². The van der Waals surface area contributed by atoms with Crippen LogP contribution >= 0.6 is 0 Å². The highest BCUT2D eigenvalue weighted by atomic mass is 32.2. The molecule has 1 aromatic rings. The second-order valence-electron chi connectivity index (χ2n) is 5.14. The SMILES string of the molecule is COc1cc(N)ccc1CS(=O)(=O)C1CCCCC1. The van der Waals surface area contributed by atoms with Crippen LogP contribution in [0.15, 0.2) is 18.2 Å². The van der Waals surface area contributed by atoms with Gasteiger partial charge in [0.15, 0.2) is 9.84 Å². The van der Waals surface area contributed by atoms with Gasteiger partial charge in [-0.2, -0.15) is 0 Å². The van der Waals surface area contributed by atoms with E-state index in [1.54, 1.807) is 18.2 Å². The molecule has 1 aromatic carbocycles. The molecular weight excluding hydrogens is 262 g/mol. The Labute approximate surface area is 114 Å². The van der Waals surface area contributed by atoms with Crippen molar-refractivity contribution in [2.24, 2.45) is 0 Å². The fourth-order valence-electron chi connectivity index (χ4n) is 2.64. The average Bonchev–Trinajstić information content (AvgIpc) is 2.41. The lowest BCUT2D eigenvalue weighted by Gasteiger charge is -2.22. The van der Waals surface area contributed by atoms with Gasteiger partial charge in [0.05, 0.1) is 18.1 Å². The van der Waals surface area contributed by atoms with Crippen LogP contribution in [0, 0.1) is 0 Å². The molecule has 106 valence electrons. The van der Waals surface area contributed by atoms with Gasteiger partial charge in [0, 0.05) is 17.3 Å². The molecule has 19 heavy (non-hydrogen) atoms. The van der Waals surface area contributed by atoms with Crippen molar-refractivity contribution in [2.45, 2.75) is 43.1 Å². The van der Waals surface area contributed by atoms with E-state index in [-0.39, 0.29) is 11.0 Å². The topological polar surface area (TPSA) is 69.4 Å². The average molecular weight is 283 g/mol. The summed E-state index contributed by atoms with van der Waals surface area (Å²) in [5.74, 6) is 0.598. The summed E-state index contributed by atoms with van der Waals surface area (Å²) in [7, 11) is -1.57. The quantitative estimate of drug-likeness (QED) is 0.862. The highest BCUT2D eigenvalue weighted by Gasteiger charge is 2.28. The standard InChI is InChI=1S/C14H21NO3S/c1-18-14-9-12(15)8-7-11(14)10-19(16,17)13-5-3-2-4-6-13/h7-9,13H,2-6,10,15H2,1H3. The molecule has 0 aromatic heterocycles. The van der Waals surface area contributed by atoms with Gasteiger partial charge in [-0.25, -0.2) is 8.42 Å². The Hall–Kier alpha value is -1.23. The molecule has 0 bridgehead atoms. The van der Waals surface area contributed by atoms with Gasteiger partial charge in [0.1, 0.15) is 5.75 Å². The maximum Gasteiger partial charge on any atom is 0.157 e. The van der Waals surface area contributed by atoms with Crippen LogP contribution in [0.1, 0.15) is 37.7 Å². The van der Waals surface area contributed by atoms with E-state index in [1.165, 1.54) is 7.11 Å². The van der Waals surface area contributed by atoms with Gasteiger partial charge in [-0.15, -0.1) is 0 Å². The Morgan fingerprint density at radius 3 is 2.58 bits per heavy atom. The molecule has 0 unspecified atom stereocenters. The summed E-state index contributed by atoms with van der Waals surface area (Å²) in [6, 6.07) is 5.13. The molecule has 0 saturated heterocycles. The number of methoxy groups -OCH3 is 1. The van der Waals surface area contributed by atoms with Crippen molar-refractivity contribution in [1.82, 2.24) is 0 Å². The normalized spacial score (nSPS) is 17.3. The molecule has 0 aliphatic heterocycles. The lowest BCUT2D eigenvalue weighted by molar-refractivity contribution is 0.411. The predicted molar refractivity (Wildman–Crippen MR) is 76.9 cm³/mol. The smallest absolute Gasteiger partial charge is 0.157 e. The molecule has 1 aliphatic carbocycles. The van der Waals surface area contributed by atoms with Crippen molar-refractivity contribution >= 4 is 15.5 Å². The third kappa shape index (κ3) is 3.41. The molecule has 0 radical (unpaired) electrons. The third-order valence-electron chi connectivity index (χ3n) is 3.73. The number of ether oxygens (including phenoxy) is 1. The summed E-state index contributed by atoms with van der Waals surface area (Å²) in [6.07, 6.45) is 4.77. The molecule has 4 nitrogen and oxygen atoms in total. The van der Waals surface area contributed by atoms with Gasteiger partial charge >= 0.3 is 0 Å². The van der Waals surface area contributed by atoms with E-state index in [2.05, 4.69) is 0 Å². The van der Waals surface area contributed by atoms with Crippen molar-refractivity contribution in [3.63, 3.8) is 0 Å². The third-order valence-corrected chi connectivity index (χ3v) is 5.93. The highest BCUT2D eigenvalue weighted by Crippen LogP contribution is 2.29. The fraction of sp³-hybridized carbons (Fsp3) is 0.571. The monoisotopic (exact) mass is 283 g/mol. The minimum atomic E-state index is -3.10. The fourth-order valence-corrected chi connectivity index (χ4v) is 4.60. The van der Waals surface area contributed by atoms with E-state index in [0.717, 1.165) is 32.1 Å². The Bertz CT molecular complexity index is 534. The Kier molecular flexibility index (Phi) is 4.34. The molecule has 0 heterocycles. The van der Waals surface area contributed by atoms with Gasteiger partial charge in [0.2, 0.25) is 0 Å². The maximum atomic E-state index is 12.4. The van der Waals surface area contributed by atoms with Gasteiger partial charge in [-0.05, 0) is 18.9 Å². The van der Waals surface area contributed by atoms with Gasteiger partial charge < -0.3 is 10.5 Å². The molecule has 1 aliphatic rings. The summed E-state index contributed by atoms with van der Waals surface area (Å²) in [5.41, 5.74) is 6.96. The number of hydrogen-bond acceptors (Lipinski definition) is 4. The van der Waals surface area contributed by atoms with Crippen LogP contribution in [0.4, 0.5) is 5.69 Å². The Morgan fingerprint density at radius 2 is 1.95 bits per heavy atom. The van der Waals surface area contributed by atoms with Gasteiger partial charge in [-0.1, -0.05) is 25.3 Å². The molecule has 0 spiro atoms. The first kappa shape index (κ1) is 14.2. The minimum absolute atomic E-state index is 0.0428. The number of hydrogen-bond donors (Lipinski definition) is 1. The van der Waals surface area contributed by atoms with Crippen molar-refractivity contribution in [1.29, 1.82) is 0 Å². The second-order valence-corrected chi connectivity index (χ2v) is 7.42. The van der Waals surface area contributed by atoms with Gasteiger partial charge in [0.25, 0.3) is 0 Å². The van der Waals surface area contributed by atoms with E-state index < -0.39 is 9.84 Å². The van der Waals surface area contributed by atoms with E-state index in [0.29, 0.717) is 17.0 Å². The summed E-state index contributed by atoms with van der Waals surface area (Å²) >= 11 is 0. The number of sulfone groups is 1. The van der Waals surface area contributed by atoms with Crippen molar-refractivity contribution in [3.05, 3.63) is 23.8 Å². The lowest BCUT2D eigenvalue weighted by Crippen LogP contribution is -2.25. The largest absolute Gasteiger partial charge is 0.496 e. The summed E-state index contributed by atoms with van der Waals surface area (Å²) in [6.45, 7) is 0. The van der Waals surface area contributed by atoms with Crippen LogP contribution in [0.5, 0.6) is 5.75 Å². The number of nitrogens with two attached hydrogens (primary N) is 1. The number of benzene rings is 1. The first-order valence-corrected chi connectivity index (χ1v) is 8.38. The van der Waals surface area contributed by atoms with E-state index in [9.17, 15) is 8.42 Å². The van der Waals surface area contributed by atoms with Gasteiger partial charge in [-0.3, -0.25) is 0 Å². The summed E-state index contributed by atoms with van der Waals surface area (Å²) < 4.78 is 30.1. The Balaban J connectivity index is 2.19. The lowest BCUT2D eigenvalue weighted by atomic mass is 10.0. The Morgan fingerprint density at radius 1 is 1.26 bits per heavy atom. The van der Waals surface area contributed by atoms with E-state index in [1.807, 2.05) is 0 Å². The molecule has 5 heteroatoms.